The summed E-state index contributed by atoms with van der Waals surface area (Å²) in [7, 11) is 0. The fourth-order valence-corrected chi connectivity index (χ4v) is 3.34. The summed E-state index contributed by atoms with van der Waals surface area (Å²) < 4.78 is 4.76. The molecule has 0 fully saturated rings. The van der Waals surface area contributed by atoms with E-state index in [1.165, 1.54) is 6.20 Å². The quantitative estimate of drug-likeness (QED) is 0.343. The number of nitrogens with one attached hydrogen (secondary N) is 2. The predicted molar refractivity (Wildman–Crippen MR) is 131 cm³/mol. The van der Waals surface area contributed by atoms with Crippen LogP contribution in [0.1, 0.15) is 27.6 Å². The van der Waals surface area contributed by atoms with Gasteiger partial charge in [0, 0.05) is 54.2 Å². The topological polar surface area (TPSA) is 168 Å². The molecule has 180 valence electrons. The highest BCUT2D eigenvalue weighted by Crippen LogP contribution is 2.20. The summed E-state index contributed by atoms with van der Waals surface area (Å²) >= 11 is 0. The molecule has 5 heterocycles. The molecule has 2 N–H and O–H groups in total. The lowest BCUT2D eigenvalue weighted by Gasteiger charge is -2.08. The molecule has 37 heavy (non-hydrogen) atoms. The van der Waals surface area contributed by atoms with Crippen molar-refractivity contribution in [2.45, 2.75) is 13.5 Å². The molecule has 0 unspecified atom stereocenters. The van der Waals surface area contributed by atoms with Gasteiger partial charge in [0.2, 0.25) is 0 Å². The summed E-state index contributed by atoms with van der Waals surface area (Å²) in [5, 5.41) is 18.2. The Labute approximate surface area is 210 Å². The largest absolute Gasteiger partial charge is 0.347 e. The van der Waals surface area contributed by atoms with E-state index in [1.807, 2.05) is 24.3 Å². The van der Waals surface area contributed by atoms with E-state index in [4.69, 9.17) is 9.78 Å². The van der Waals surface area contributed by atoms with Gasteiger partial charge in [-0.05, 0) is 48.0 Å². The molecule has 0 aliphatic rings. The van der Waals surface area contributed by atoms with Crippen molar-refractivity contribution in [1.82, 2.24) is 40.4 Å². The first kappa shape index (κ1) is 23.2. The average molecular weight is 490 g/mol. The third kappa shape index (κ3) is 5.57. The molecule has 5 aromatic heterocycles. The third-order valence-corrected chi connectivity index (χ3v) is 5.11. The summed E-state index contributed by atoms with van der Waals surface area (Å²) in [6, 6.07) is 14.4. The fourth-order valence-electron chi connectivity index (χ4n) is 3.34. The van der Waals surface area contributed by atoms with Gasteiger partial charge >= 0.3 is 5.89 Å². The van der Waals surface area contributed by atoms with Crippen molar-refractivity contribution in [2.24, 2.45) is 0 Å². The summed E-state index contributed by atoms with van der Waals surface area (Å²) in [4.78, 5) is 38.1. The molecule has 0 atom stereocenters. The zero-order chi connectivity index (χ0) is 25.6. The van der Waals surface area contributed by atoms with Crippen LogP contribution in [0.2, 0.25) is 0 Å². The van der Waals surface area contributed by atoms with E-state index in [0.29, 0.717) is 29.4 Å². The highest BCUT2D eigenvalue weighted by atomic mass is 16.5. The van der Waals surface area contributed by atoms with Crippen molar-refractivity contribution in [2.75, 3.05) is 5.32 Å². The minimum absolute atomic E-state index is 0.104. The number of carbonyl (C=O) groups excluding carboxylic acids is 1. The first-order valence-electron chi connectivity index (χ1n) is 11.0. The number of nitriles is 1. The van der Waals surface area contributed by atoms with Crippen LogP contribution >= 0.6 is 0 Å². The van der Waals surface area contributed by atoms with Crippen molar-refractivity contribution in [1.29, 1.82) is 5.26 Å². The Bertz CT molecular complexity index is 1580. The van der Waals surface area contributed by atoms with Crippen LogP contribution in [0.4, 0.5) is 11.8 Å². The van der Waals surface area contributed by atoms with Crippen LogP contribution in [-0.4, -0.2) is 41.0 Å². The average Bonchev–Trinajstić information content (AvgIpc) is 3.40. The van der Waals surface area contributed by atoms with Crippen molar-refractivity contribution < 1.29 is 9.32 Å². The van der Waals surface area contributed by atoms with Gasteiger partial charge in [-0.15, -0.1) is 0 Å². The van der Waals surface area contributed by atoms with Gasteiger partial charge in [-0.2, -0.15) is 10.2 Å². The number of anilines is 2. The lowest BCUT2D eigenvalue weighted by Crippen LogP contribution is -2.23. The van der Waals surface area contributed by atoms with Gasteiger partial charge in [0.15, 0.2) is 11.9 Å². The predicted octanol–water partition coefficient (Wildman–Crippen LogP) is 3.23. The van der Waals surface area contributed by atoms with E-state index in [-0.39, 0.29) is 23.4 Å². The Kier molecular flexibility index (Phi) is 6.49. The van der Waals surface area contributed by atoms with Crippen molar-refractivity contribution in [3.63, 3.8) is 0 Å². The Morgan fingerprint density at radius 3 is 2.65 bits per heavy atom. The standard InChI is InChI=1S/C25H18N10O2/c1-15-9-21(33-25-34-22(10-26)37-35-25)32-23(31-15)18-5-7-20(29-14-18)24(36)30-12-16-4-6-19(28-11-16)17-3-2-8-27-13-17/h2-9,11,13-14H,12H2,1H3,(H,30,36)(H,31,32,33,35). The molecular weight excluding hydrogens is 472 g/mol. The van der Waals surface area contributed by atoms with Crippen LogP contribution < -0.4 is 10.6 Å². The van der Waals surface area contributed by atoms with Crippen LogP contribution in [0.15, 0.2) is 71.8 Å². The van der Waals surface area contributed by atoms with Gasteiger partial charge in [0.05, 0.1) is 5.69 Å². The number of hydrogen-bond acceptors (Lipinski definition) is 11. The Balaban J connectivity index is 1.23. The molecule has 0 aliphatic heterocycles. The molecule has 1 amide bonds. The Hall–Kier alpha value is -5.57. The maximum Gasteiger partial charge on any atom is 0.330 e. The number of aromatic nitrogens is 7. The maximum atomic E-state index is 12.6. The normalized spacial score (nSPS) is 10.5. The van der Waals surface area contributed by atoms with Crippen molar-refractivity contribution >= 4 is 17.7 Å². The van der Waals surface area contributed by atoms with E-state index in [2.05, 4.69) is 45.7 Å². The second-order valence-corrected chi connectivity index (χ2v) is 7.79. The first-order valence-corrected chi connectivity index (χ1v) is 11.0. The van der Waals surface area contributed by atoms with Gasteiger partial charge in [-0.25, -0.2) is 9.97 Å². The molecule has 12 nitrogen and oxygen atoms in total. The molecular formula is C25H18N10O2. The Morgan fingerprint density at radius 1 is 1.03 bits per heavy atom. The SMILES string of the molecule is Cc1cc(Nc2noc(C#N)n2)nc(-c2ccc(C(=O)NCc3ccc(-c4cccnc4)nc3)nc2)n1. The van der Waals surface area contributed by atoms with E-state index in [9.17, 15) is 4.79 Å². The van der Waals surface area contributed by atoms with Gasteiger partial charge in [-0.1, -0.05) is 6.07 Å². The first-order chi connectivity index (χ1) is 18.1. The molecule has 0 aromatic carbocycles. The number of amides is 1. The van der Waals surface area contributed by atoms with Crippen LogP contribution in [0.25, 0.3) is 22.6 Å². The summed E-state index contributed by atoms with van der Waals surface area (Å²) in [6.07, 6.45) is 6.70. The molecule has 0 bridgehead atoms. The second-order valence-electron chi connectivity index (χ2n) is 7.79. The van der Waals surface area contributed by atoms with Gasteiger partial charge in [0.1, 0.15) is 11.5 Å². The lowest BCUT2D eigenvalue weighted by atomic mass is 10.1. The van der Waals surface area contributed by atoms with Crippen LogP contribution in [0.3, 0.4) is 0 Å². The summed E-state index contributed by atoms with van der Waals surface area (Å²) in [6.45, 7) is 2.11. The summed E-state index contributed by atoms with van der Waals surface area (Å²) in [5.74, 6) is 0.432. The molecule has 0 aliphatic carbocycles. The van der Waals surface area contributed by atoms with Gasteiger partial charge < -0.3 is 15.2 Å². The monoisotopic (exact) mass is 490 g/mol. The van der Waals surface area contributed by atoms with Crippen LogP contribution in [-0.2, 0) is 6.54 Å². The fraction of sp³-hybridized carbons (Fsp3) is 0.0800. The number of carbonyl (C=O) groups is 1. The van der Waals surface area contributed by atoms with E-state index >= 15 is 0 Å². The Morgan fingerprint density at radius 2 is 1.95 bits per heavy atom. The number of rotatable bonds is 7. The van der Waals surface area contributed by atoms with E-state index in [0.717, 1.165) is 16.8 Å². The number of nitrogens with zero attached hydrogens (tertiary/aromatic N) is 8. The smallest absolute Gasteiger partial charge is 0.330 e. The maximum absolute atomic E-state index is 12.6. The zero-order valence-electron chi connectivity index (χ0n) is 19.5. The highest BCUT2D eigenvalue weighted by molar-refractivity contribution is 5.92. The molecule has 0 saturated heterocycles. The minimum Gasteiger partial charge on any atom is -0.347 e. The lowest BCUT2D eigenvalue weighted by molar-refractivity contribution is 0.0946. The van der Waals surface area contributed by atoms with Gasteiger partial charge in [0.25, 0.3) is 11.9 Å². The van der Waals surface area contributed by atoms with Crippen LogP contribution in [0.5, 0.6) is 0 Å². The van der Waals surface area contributed by atoms with E-state index < -0.39 is 0 Å². The molecule has 12 heteroatoms. The third-order valence-electron chi connectivity index (χ3n) is 5.11. The molecule has 0 saturated carbocycles. The number of pyridine rings is 3. The number of aryl methyl sites for hydroxylation is 1. The minimum atomic E-state index is -0.319. The van der Waals surface area contributed by atoms with Crippen LogP contribution in [0, 0.1) is 18.3 Å². The van der Waals surface area contributed by atoms with Crippen molar-refractivity contribution in [3.8, 4) is 28.7 Å². The van der Waals surface area contributed by atoms with Gasteiger partial charge in [-0.3, -0.25) is 19.7 Å². The molecule has 5 aromatic rings. The highest BCUT2D eigenvalue weighted by Gasteiger charge is 2.12. The molecule has 0 spiro atoms. The molecule has 0 radical (unpaired) electrons. The second kappa shape index (κ2) is 10.4. The van der Waals surface area contributed by atoms with E-state index in [1.54, 1.807) is 49.8 Å². The summed E-state index contributed by atoms with van der Waals surface area (Å²) in [5.41, 5.74) is 4.14. The number of hydrogen-bond donors (Lipinski definition) is 2. The molecule has 5 rings (SSSR count). The zero-order valence-corrected chi connectivity index (χ0v) is 19.5. The van der Waals surface area contributed by atoms with Crippen molar-refractivity contribution in [3.05, 3.63) is 90.1 Å².